The Hall–Kier alpha value is -2.08. The Balaban J connectivity index is 2.60. The van der Waals surface area contributed by atoms with E-state index in [2.05, 4.69) is 15.8 Å². The molecule has 0 aliphatic carbocycles. The lowest BCUT2D eigenvalue weighted by atomic mass is 10.2. The Kier molecular flexibility index (Phi) is 5.81. The van der Waals surface area contributed by atoms with Gasteiger partial charge in [0.2, 0.25) is 0 Å². The fourth-order valence-corrected chi connectivity index (χ4v) is 1.49. The number of carbonyl (C=O) groups is 2. The highest BCUT2D eigenvalue weighted by atomic mass is 35.5. The normalized spacial score (nSPS) is 10.3. The van der Waals surface area contributed by atoms with Gasteiger partial charge in [-0.1, -0.05) is 11.6 Å². The van der Waals surface area contributed by atoms with Crippen molar-refractivity contribution in [1.82, 2.24) is 10.7 Å². The summed E-state index contributed by atoms with van der Waals surface area (Å²) in [5.41, 5.74) is 2.78. The smallest absolute Gasteiger partial charge is 0.329 e. The summed E-state index contributed by atoms with van der Waals surface area (Å²) in [7, 11) is 1.52. The zero-order valence-electron chi connectivity index (χ0n) is 10.6. The average molecular weight is 284 g/mol. The number of amides is 2. The number of nitrogens with zero attached hydrogens (tertiary/aromatic N) is 1. The first-order chi connectivity index (χ1) is 9.08. The SMILES string of the molecule is CCNC(=O)C(=O)N/N=C\c1ccc(OC)c(Cl)c1. The molecule has 19 heavy (non-hydrogen) atoms. The number of ether oxygens (including phenoxy) is 1. The van der Waals surface area contributed by atoms with Gasteiger partial charge >= 0.3 is 11.8 Å². The Morgan fingerprint density at radius 1 is 1.42 bits per heavy atom. The number of halogens is 1. The number of hydrogen-bond donors (Lipinski definition) is 2. The molecule has 6 nitrogen and oxygen atoms in total. The number of methoxy groups -OCH3 is 1. The van der Waals surface area contributed by atoms with Crippen molar-refractivity contribution in [2.75, 3.05) is 13.7 Å². The van der Waals surface area contributed by atoms with Crippen molar-refractivity contribution in [1.29, 1.82) is 0 Å². The highest BCUT2D eigenvalue weighted by Crippen LogP contribution is 2.24. The topological polar surface area (TPSA) is 79.8 Å². The first kappa shape index (κ1) is 15.0. The van der Waals surface area contributed by atoms with Crippen LogP contribution in [0.3, 0.4) is 0 Å². The number of hydrazone groups is 1. The van der Waals surface area contributed by atoms with E-state index in [9.17, 15) is 9.59 Å². The molecule has 0 aromatic heterocycles. The minimum Gasteiger partial charge on any atom is -0.495 e. The number of hydrogen-bond acceptors (Lipinski definition) is 4. The standard InChI is InChI=1S/C12H14ClN3O3/c1-3-14-11(17)12(18)16-15-7-8-4-5-10(19-2)9(13)6-8/h4-7H,3H2,1-2H3,(H,14,17)(H,16,18)/b15-7-. The summed E-state index contributed by atoms with van der Waals surface area (Å²) in [4.78, 5) is 22.3. The Morgan fingerprint density at radius 2 is 2.16 bits per heavy atom. The quantitative estimate of drug-likeness (QED) is 0.490. The van der Waals surface area contributed by atoms with Crippen molar-refractivity contribution in [3.63, 3.8) is 0 Å². The predicted octanol–water partition coefficient (Wildman–Crippen LogP) is 0.935. The van der Waals surface area contributed by atoms with Crippen molar-refractivity contribution < 1.29 is 14.3 Å². The number of likely N-dealkylation sites (N-methyl/N-ethyl adjacent to an activating group) is 1. The third kappa shape index (κ3) is 4.59. The average Bonchev–Trinajstić information content (AvgIpc) is 2.39. The lowest BCUT2D eigenvalue weighted by molar-refractivity contribution is -0.139. The molecule has 0 radical (unpaired) electrons. The maximum atomic E-state index is 11.2. The molecule has 0 heterocycles. The highest BCUT2D eigenvalue weighted by molar-refractivity contribution is 6.35. The monoisotopic (exact) mass is 283 g/mol. The third-order valence-corrected chi connectivity index (χ3v) is 2.39. The lowest BCUT2D eigenvalue weighted by Gasteiger charge is -2.03. The van der Waals surface area contributed by atoms with Gasteiger partial charge in [-0.25, -0.2) is 5.43 Å². The summed E-state index contributed by atoms with van der Waals surface area (Å²) in [6.45, 7) is 2.10. The first-order valence-corrected chi connectivity index (χ1v) is 5.91. The van der Waals surface area contributed by atoms with Crippen molar-refractivity contribution in [2.24, 2.45) is 5.10 Å². The Bertz CT molecular complexity index is 503. The number of rotatable bonds is 4. The van der Waals surface area contributed by atoms with Crippen LogP contribution in [0, 0.1) is 0 Å². The van der Waals surface area contributed by atoms with E-state index in [0.29, 0.717) is 22.9 Å². The molecule has 0 bridgehead atoms. The van der Waals surface area contributed by atoms with Crippen LogP contribution in [-0.4, -0.2) is 31.7 Å². The zero-order valence-corrected chi connectivity index (χ0v) is 11.3. The summed E-state index contributed by atoms with van der Waals surface area (Å²) in [6, 6.07) is 5.02. The molecule has 1 aromatic rings. The van der Waals surface area contributed by atoms with Gasteiger partial charge in [0, 0.05) is 6.54 Å². The van der Waals surface area contributed by atoms with Crippen molar-refractivity contribution >= 4 is 29.6 Å². The van der Waals surface area contributed by atoms with E-state index in [1.54, 1.807) is 25.1 Å². The van der Waals surface area contributed by atoms with Gasteiger partial charge in [-0.05, 0) is 30.7 Å². The van der Waals surface area contributed by atoms with Crippen LogP contribution in [0.1, 0.15) is 12.5 Å². The van der Waals surface area contributed by atoms with E-state index in [-0.39, 0.29) is 0 Å². The third-order valence-electron chi connectivity index (χ3n) is 2.10. The summed E-state index contributed by atoms with van der Waals surface area (Å²) < 4.78 is 5.00. The van der Waals surface area contributed by atoms with Crippen molar-refractivity contribution in [2.45, 2.75) is 6.92 Å². The van der Waals surface area contributed by atoms with Crippen molar-refractivity contribution in [3.8, 4) is 5.75 Å². The number of benzene rings is 1. The maximum Gasteiger partial charge on any atom is 0.329 e. The van der Waals surface area contributed by atoms with Gasteiger partial charge in [-0.2, -0.15) is 5.10 Å². The summed E-state index contributed by atoms with van der Waals surface area (Å²) >= 11 is 5.92. The van der Waals surface area contributed by atoms with Crippen LogP contribution < -0.4 is 15.5 Å². The Morgan fingerprint density at radius 3 is 2.74 bits per heavy atom. The predicted molar refractivity (Wildman–Crippen MR) is 72.4 cm³/mol. The van der Waals surface area contributed by atoms with Crippen molar-refractivity contribution in [3.05, 3.63) is 28.8 Å². The van der Waals surface area contributed by atoms with Gasteiger partial charge in [-0.3, -0.25) is 9.59 Å². The minimum absolute atomic E-state index is 0.379. The van der Waals surface area contributed by atoms with E-state index in [1.165, 1.54) is 13.3 Å². The van der Waals surface area contributed by atoms with Crippen LogP contribution in [0.4, 0.5) is 0 Å². The molecule has 2 N–H and O–H groups in total. The van der Waals surface area contributed by atoms with Gasteiger partial charge in [0.05, 0.1) is 18.3 Å². The molecule has 102 valence electrons. The molecule has 0 unspecified atom stereocenters. The molecular weight excluding hydrogens is 270 g/mol. The minimum atomic E-state index is -0.822. The van der Waals surface area contributed by atoms with E-state index >= 15 is 0 Å². The number of carbonyl (C=O) groups excluding carboxylic acids is 2. The second-order valence-corrected chi connectivity index (χ2v) is 3.86. The molecule has 0 aliphatic rings. The summed E-state index contributed by atoms with van der Waals surface area (Å²) in [5.74, 6) is -1.00. The lowest BCUT2D eigenvalue weighted by Crippen LogP contribution is -2.37. The fourth-order valence-electron chi connectivity index (χ4n) is 1.22. The second kappa shape index (κ2) is 7.38. The second-order valence-electron chi connectivity index (χ2n) is 3.45. The molecule has 0 fully saturated rings. The molecule has 2 amide bonds. The van der Waals surface area contributed by atoms with E-state index < -0.39 is 11.8 Å². The molecule has 0 spiro atoms. The molecule has 0 atom stereocenters. The zero-order chi connectivity index (χ0) is 14.3. The van der Waals surface area contributed by atoms with Crippen LogP contribution >= 0.6 is 11.6 Å². The van der Waals surface area contributed by atoms with E-state index in [4.69, 9.17) is 16.3 Å². The van der Waals surface area contributed by atoms with Gasteiger partial charge in [0.1, 0.15) is 5.75 Å². The van der Waals surface area contributed by atoms with Gasteiger partial charge in [0.15, 0.2) is 0 Å². The van der Waals surface area contributed by atoms with E-state index in [0.717, 1.165) is 0 Å². The Labute approximate surface area is 115 Å². The molecule has 7 heteroatoms. The highest BCUT2D eigenvalue weighted by Gasteiger charge is 2.10. The summed E-state index contributed by atoms with van der Waals surface area (Å²) in [5, 5.41) is 6.44. The molecule has 1 rings (SSSR count). The number of nitrogens with one attached hydrogen (secondary N) is 2. The van der Waals surface area contributed by atoms with Crippen LogP contribution in [-0.2, 0) is 9.59 Å². The largest absolute Gasteiger partial charge is 0.495 e. The van der Waals surface area contributed by atoms with Gasteiger partial charge < -0.3 is 10.1 Å². The van der Waals surface area contributed by atoms with Gasteiger partial charge in [-0.15, -0.1) is 0 Å². The van der Waals surface area contributed by atoms with Crippen LogP contribution in [0.5, 0.6) is 5.75 Å². The fraction of sp³-hybridized carbons (Fsp3) is 0.250. The first-order valence-electron chi connectivity index (χ1n) is 5.53. The molecular formula is C12H14ClN3O3. The molecule has 0 saturated heterocycles. The maximum absolute atomic E-state index is 11.2. The van der Waals surface area contributed by atoms with Crippen LogP contribution in [0.25, 0.3) is 0 Å². The van der Waals surface area contributed by atoms with Crippen LogP contribution in [0.15, 0.2) is 23.3 Å². The van der Waals surface area contributed by atoms with Crippen LogP contribution in [0.2, 0.25) is 5.02 Å². The van der Waals surface area contributed by atoms with E-state index in [1.807, 2.05) is 0 Å². The van der Waals surface area contributed by atoms with Gasteiger partial charge in [0.25, 0.3) is 0 Å². The molecule has 1 aromatic carbocycles. The molecule has 0 aliphatic heterocycles. The molecule has 0 saturated carbocycles. The summed E-state index contributed by atoms with van der Waals surface area (Å²) in [6.07, 6.45) is 1.38.